The molecule has 0 bridgehead atoms. The Balaban J connectivity index is 1.89. The van der Waals surface area contributed by atoms with Crippen LogP contribution < -0.4 is 10.6 Å². The van der Waals surface area contributed by atoms with Crippen molar-refractivity contribution in [3.05, 3.63) is 59.9 Å². The highest BCUT2D eigenvalue weighted by atomic mass is 32.2. The molecule has 2 aromatic heterocycles. The number of hydrogen-bond donors (Lipinski definition) is 1. The molecule has 2 unspecified atom stereocenters. The van der Waals surface area contributed by atoms with E-state index < -0.39 is 26.4 Å². The largest absolute Gasteiger partial charge is 0.369 e. The second-order valence-corrected chi connectivity index (χ2v) is 9.96. The van der Waals surface area contributed by atoms with Gasteiger partial charge >= 0.3 is 0 Å². The fourth-order valence-corrected chi connectivity index (χ4v) is 6.45. The molecule has 1 aromatic carbocycles. The van der Waals surface area contributed by atoms with E-state index in [1.54, 1.807) is 47.6 Å². The third-order valence-corrected chi connectivity index (χ3v) is 8.15. The number of amides is 1. The number of anilines is 1. The predicted molar refractivity (Wildman–Crippen MR) is 116 cm³/mol. The Bertz CT molecular complexity index is 1250. The molecule has 1 saturated carbocycles. The van der Waals surface area contributed by atoms with Crippen LogP contribution in [0.2, 0.25) is 0 Å². The summed E-state index contributed by atoms with van der Waals surface area (Å²) in [6.07, 6.45) is 4.22. The number of nitrogens with zero attached hydrogens (tertiary/aromatic N) is 3. The van der Waals surface area contributed by atoms with Crippen LogP contribution in [-0.2, 0) is 26.5 Å². The molecule has 1 fully saturated rings. The van der Waals surface area contributed by atoms with Gasteiger partial charge in [-0.3, -0.25) is 9.78 Å². The van der Waals surface area contributed by atoms with Crippen molar-refractivity contribution in [2.75, 3.05) is 19.0 Å². The quantitative estimate of drug-likeness (QED) is 0.650. The second kappa shape index (κ2) is 7.05. The molecule has 1 aliphatic rings. The highest BCUT2D eigenvalue weighted by Gasteiger charge is 2.67. The number of nitrogens with two attached hydrogens (primary N) is 1. The lowest BCUT2D eigenvalue weighted by Gasteiger charge is -2.23. The van der Waals surface area contributed by atoms with Crippen LogP contribution in [0.4, 0.5) is 5.82 Å². The molecular formula is C22H24N4O3S. The molecule has 1 aliphatic carbocycles. The normalized spacial score (nSPS) is 20.8. The summed E-state index contributed by atoms with van der Waals surface area (Å²) in [5.41, 5.74) is 6.63. The fraction of sp³-hybridized carbons (Fsp3) is 0.318. The first-order valence-electron chi connectivity index (χ1n) is 9.77. The molecule has 8 heteroatoms. The molecule has 2 N–H and O–H groups in total. The van der Waals surface area contributed by atoms with Gasteiger partial charge in [0.1, 0.15) is 5.82 Å². The van der Waals surface area contributed by atoms with Crippen LogP contribution in [0.15, 0.2) is 53.7 Å². The van der Waals surface area contributed by atoms with E-state index in [1.165, 1.54) is 0 Å². The lowest BCUT2D eigenvalue weighted by molar-refractivity contribution is -0.120. The summed E-state index contributed by atoms with van der Waals surface area (Å²) in [6, 6.07) is 10.3. The van der Waals surface area contributed by atoms with E-state index in [0.717, 1.165) is 12.0 Å². The number of carbonyl (C=O) groups excluding carboxylic acids is 1. The first-order valence-corrected chi connectivity index (χ1v) is 11.3. The maximum Gasteiger partial charge on any atom is 0.229 e. The van der Waals surface area contributed by atoms with Crippen LogP contribution >= 0.6 is 0 Å². The summed E-state index contributed by atoms with van der Waals surface area (Å²) >= 11 is 0. The summed E-state index contributed by atoms with van der Waals surface area (Å²) in [4.78, 5) is 23.4. The molecule has 4 rings (SSSR count). The number of aromatic nitrogens is 2. The number of primary amides is 1. The molecule has 0 aliphatic heterocycles. The molecule has 2 atom stereocenters. The Morgan fingerprint density at radius 1 is 1.23 bits per heavy atom. The third-order valence-electron chi connectivity index (χ3n) is 5.86. The van der Waals surface area contributed by atoms with Crippen molar-refractivity contribution < 1.29 is 13.2 Å². The summed E-state index contributed by atoms with van der Waals surface area (Å²) in [5.74, 6) is -0.0872. The number of hydrogen-bond acceptors (Lipinski definition) is 6. The Kier molecular flexibility index (Phi) is 4.77. The average Bonchev–Trinajstić information content (AvgIpc) is 3.51. The van der Waals surface area contributed by atoms with Crippen LogP contribution in [0.5, 0.6) is 0 Å². The summed E-state index contributed by atoms with van der Waals surface area (Å²) in [7, 11) is -0.215. The molecule has 0 spiro atoms. The maximum atomic E-state index is 13.7. The minimum atomic E-state index is -3.84. The minimum Gasteiger partial charge on any atom is -0.369 e. The van der Waals surface area contributed by atoms with Crippen molar-refractivity contribution >= 4 is 32.5 Å². The smallest absolute Gasteiger partial charge is 0.229 e. The van der Waals surface area contributed by atoms with E-state index in [2.05, 4.69) is 9.97 Å². The monoisotopic (exact) mass is 424 g/mol. The highest BCUT2D eigenvalue weighted by molar-refractivity contribution is 7.92. The molecule has 0 saturated heterocycles. The SMILES string of the molecule is CCc1cnc(N(C)C)c(C2(C(N)=O)CC2S(=O)(=O)c2cccc3ncccc23)c1. The molecular weight excluding hydrogens is 400 g/mol. The van der Waals surface area contributed by atoms with Gasteiger partial charge in [-0.05, 0) is 48.7 Å². The minimum absolute atomic E-state index is 0.136. The number of pyridine rings is 2. The number of carbonyl (C=O) groups is 1. The van der Waals surface area contributed by atoms with Crippen LogP contribution in [0.1, 0.15) is 24.5 Å². The van der Waals surface area contributed by atoms with Gasteiger partial charge in [-0.1, -0.05) is 13.0 Å². The van der Waals surface area contributed by atoms with E-state index in [-0.39, 0.29) is 11.3 Å². The van der Waals surface area contributed by atoms with E-state index in [0.29, 0.717) is 22.3 Å². The summed E-state index contributed by atoms with van der Waals surface area (Å²) in [5, 5.41) is -0.403. The molecule has 1 amide bonds. The zero-order valence-electron chi connectivity index (χ0n) is 17.2. The third kappa shape index (κ3) is 2.94. The van der Waals surface area contributed by atoms with Gasteiger partial charge in [0.05, 0.1) is 21.1 Å². The Morgan fingerprint density at radius 3 is 2.67 bits per heavy atom. The van der Waals surface area contributed by atoms with Gasteiger partial charge in [0.15, 0.2) is 9.84 Å². The molecule has 3 aromatic rings. The van der Waals surface area contributed by atoms with Gasteiger partial charge in [0, 0.05) is 37.4 Å². The Labute approximate surface area is 175 Å². The van der Waals surface area contributed by atoms with Crippen molar-refractivity contribution in [2.24, 2.45) is 5.73 Å². The van der Waals surface area contributed by atoms with Crippen LogP contribution in [-0.4, -0.2) is 43.6 Å². The molecule has 7 nitrogen and oxygen atoms in total. The van der Waals surface area contributed by atoms with Gasteiger partial charge in [-0.15, -0.1) is 0 Å². The maximum absolute atomic E-state index is 13.7. The number of benzene rings is 1. The lowest BCUT2D eigenvalue weighted by atomic mass is 9.93. The van der Waals surface area contributed by atoms with Crippen LogP contribution in [0, 0.1) is 0 Å². The van der Waals surface area contributed by atoms with Gasteiger partial charge in [0.2, 0.25) is 5.91 Å². The van der Waals surface area contributed by atoms with E-state index in [9.17, 15) is 13.2 Å². The van der Waals surface area contributed by atoms with Gasteiger partial charge in [-0.2, -0.15) is 0 Å². The van der Waals surface area contributed by atoms with Gasteiger partial charge < -0.3 is 10.6 Å². The van der Waals surface area contributed by atoms with E-state index in [4.69, 9.17) is 5.73 Å². The van der Waals surface area contributed by atoms with Crippen molar-refractivity contribution in [2.45, 2.75) is 35.3 Å². The Morgan fingerprint density at radius 2 is 2.00 bits per heavy atom. The number of aryl methyl sites for hydroxylation is 1. The number of fused-ring (bicyclic) bond motifs is 1. The number of sulfone groups is 1. The van der Waals surface area contributed by atoms with E-state index >= 15 is 0 Å². The Hall–Kier alpha value is -3.00. The van der Waals surface area contributed by atoms with Crippen molar-refractivity contribution in [1.29, 1.82) is 0 Å². The van der Waals surface area contributed by atoms with Gasteiger partial charge in [0.25, 0.3) is 0 Å². The number of rotatable bonds is 6. The first kappa shape index (κ1) is 20.3. The second-order valence-electron chi connectivity index (χ2n) is 7.86. The molecule has 2 heterocycles. The highest BCUT2D eigenvalue weighted by Crippen LogP contribution is 2.56. The average molecular weight is 425 g/mol. The van der Waals surface area contributed by atoms with Crippen molar-refractivity contribution in [3.63, 3.8) is 0 Å². The summed E-state index contributed by atoms with van der Waals surface area (Å²) < 4.78 is 27.3. The summed E-state index contributed by atoms with van der Waals surface area (Å²) in [6.45, 7) is 1.98. The van der Waals surface area contributed by atoms with Gasteiger partial charge in [-0.25, -0.2) is 13.4 Å². The zero-order valence-corrected chi connectivity index (χ0v) is 18.0. The van der Waals surface area contributed by atoms with Crippen molar-refractivity contribution in [3.8, 4) is 0 Å². The topological polar surface area (TPSA) is 106 Å². The first-order chi connectivity index (χ1) is 14.2. The van der Waals surface area contributed by atoms with Crippen LogP contribution in [0.25, 0.3) is 10.9 Å². The molecule has 30 heavy (non-hydrogen) atoms. The fourth-order valence-electron chi connectivity index (χ4n) is 4.14. The van der Waals surface area contributed by atoms with Crippen molar-refractivity contribution in [1.82, 2.24) is 9.97 Å². The van der Waals surface area contributed by atoms with E-state index in [1.807, 2.05) is 27.1 Å². The van der Waals surface area contributed by atoms with Crippen LogP contribution in [0.3, 0.4) is 0 Å². The molecule has 0 radical (unpaired) electrons. The molecule has 156 valence electrons. The zero-order chi connectivity index (χ0) is 21.7. The predicted octanol–water partition coefficient (Wildman–Crippen LogP) is 2.23. The standard InChI is InChI=1S/C22H24N4O3S/c1-4-14-11-16(20(25-13-14)26(2)3)22(21(23)27)12-19(22)30(28,29)18-9-5-8-17-15(18)7-6-10-24-17/h5-11,13,19H,4,12H2,1-3H3,(H2,23,27). The lowest BCUT2D eigenvalue weighted by Crippen LogP contribution is -2.36.